The normalized spacial score (nSPS) is 16.2. The lowest BCUT2D eigenvalue weighted by atomic mass is 9.98. The summed E-state index contributed by atoms with van der Waals surface area (Å²) in [4.78, 5) is 24.2. The van der Waals surface area contributed by atoms with Crippen LogP contribution in [0, 0.1) is 0 Å². The van der Waals surface area contributed by atoms with Gasteiger partial charge in [-0.15, -0.1) is 0 Å². The van der Waals surface area contributed by atoms with Crippen molar-refractivity contribution >= 4 is 18.0 Å². The molecular weight excluding hydrogens is 316 g/mol. The second-order valence-electron chi connectivity index (χ2n) is 6.42. The van der Waals surface area contributed by atoms with E-state index in [0.717, 1.165) is 24.0 Å². The summed E-state index contributed by atoms with van der Waals surface area (Å²) in [5.74, 6) is -2.53. The third kappa shape index (κ3) is 4.15. The number of carbonyl (C=O) groups is 2. The molecule has 0 N–H and O–H groups in total. The van der Waals surface area contributed by atoms with Crippen LogP contribution in [0.25, 0.3) is 6.08 Å². The van der Waals surface area contributed by atoms with Gasteiger partial charge in [0.2, 0.25) is 0 Å². The summed E-state index contributed by atoms with van der Waals surface area (Å²) in [5, 5.41) is 0. The van der Waals surface area contributed by atoms with Crippen LogP contribution in [0.4, 0.5) is 0 Å². The number of cyclic esters (lactones) is 2. The molecule has 1 saturated heterocycles. The van der Waals surface area contributed by atoms with Crippen LogP contribution in [0.3, 0.4) is 0 Å². The van der Waals surface area contributed by atoms with Gasteiger partial charge < -0.3 is 9.47 Å². The SMILES string of the molecule is CC1(C)OC(=O)C(=Cc2ccccc2CCc2ccccc2)C(=O)O1. The van der Waals surface area contributed by atoms with E-state index in [2.05, 4.69) is 12.1 Å². The molecule has 128 valence electrons. The van der Waals surface area contributed by atoms with Gasteiger partial charge in [-0.1, -0.05) is 54.6 Å². The molecule has 25 heavy (non-hydrogen) atoms. The zero-order valence-electron chi connectivity index (χ0n) is 14.3. The highest BCUT2D eigenvalue weighted by atomic mass is 16.7. The van der Waals surface area contributed by atoms with E-state index in [-0.39, 0.29) is 5.57 Å². The Kier molecular flexibility index (Phi) is 4.70. The molecule has 0 aliphatic carbocycles. The third-order valence-electron chi connectivity index (χ3n) is 4.00. The van der Waals surface area contributed by atoms with Crippen molar-refractivity contribution in [2.75, 3.05) is 0 Å². The lowest BCUT2D eigenvalue weighted by Gasteiger charge is -2.29. The molecule has 0 aromatic heterocycles. The minimum absolute atomic E-state index is 0.0773. The topological polar surface area (TPSA) is 52.6 Å². The average Bonchev–Trinajstić information content (AvgIpc) is 2.57. The molecule has 1 aliphatic heterocycles. The molecule has 0 unspecified atom stereocenters. The van der Waals surface area contributed by atoms with Crippen LogP contribution >= 0.6 is 0 Å². The maximum Gasteiger partial charge on any atom is 0.348 e. The van der Waals surface area contributed by atoms with E-state index in [1.54, 1.807) is 6.08 Å². The second-order valence-corrected chi connectivity index (χ2v) is 6.42. The fourth-order valence-electron chi connectivity index (χ4n) is 2.76. The van der Waals surface area contributed by atoms with Crippen molar-refractivity contribution in [3.63, 3.8) is 0 Å². The van der Waals surface area contributed by atoms with Crippen LogP contribution in [0.5, 0.6) is 0 Å². The Balaban J connectivity index is 1.83. The molecule has 4 nitrogen and oxygen atoms in total. The van der Waals surface area contributed by atoms with Gasteiger partial charge in [-0.3, -0.25) is 0 Å². The van der Waals surface area contributed by atoms with Gasteiger partial charge in [0.25, 0.3) is 5.79 Å². The number of rotatable bonds is 4. The Hall–Kier alpha value is -2.88. The molecule has 3 rings (SSSR count). The highest BCUT2D eigenvalue weighted by Crippen LogP contribution is 2.25. The third-order valence-corrected chi connectivity index (χ3v) is 4.00. The van der Waals surface area contributed by atoms with E-state index < -0.39 is 17.7 Å². The van der Waals surface area contributed by atoms with Crippen molar-refractivity contribution in [3.8, 4) is 0 Å². The van der Waals surface area contributed by atoms with Gasteiger partial charge in [-0.25, -0.2) is 9.59 Å². The smallest absolute Gasteiger partial charge is 0.348 e. The van der Waals surface area contributed by atoms with Crippen molar-refractivity contribution in [2.24, 2.45) is 0 Å². The fourth-order valence-corrected chi connectivity index (χ4v) is 2.76. The van der Waals surface area contributed by atoms with Crippen LogP contribution in [-0.2, 0) is 31.9 Å². The Bertz CT molecular complexity index is 797. The maximum absolute atomic E-state index is 12.1. The number of aryl methyl sites for hydroxylation is 2. The quantitative estimate of drug-likeness (QED) is 0.485. The van der Waals surface area contributed by atoms with Crippen LogP contribution in [0.2, 0.25) is 0 Å². The molecule has 1 aliphatic rings. The summed E-state index contributed by atoms with van der Waals surface area (Å²) in [7, 11) is 0. The van der Waals surface area contributed by atoms with Crippen molar-refractivity contribution in [1.82, 2.24) is 0 Å². The van der Waals surface area contributed by atoms with Gasteiger partial charge in [0, 0.05) is 13.8 Å². The van der Waals surface area contributed by atoms with Gasteiger partial charge in [0.05, 0.1) is 0 Å². The molecule has 0 saturated carbocycles. The average molecular weight is 336 g/mol. The second kappa shape index (κ2) is 6.93. The monoisotopic (exact) mass is 336 g/mol. The molecule has 2 aromatic rings. The van der Waals surface area contributed by atoms with E-state index in [0.29, 0.717) is 0 Å². The van der Waals surface area contributed by atoms with Crippen LogP contribution < -0.4 is 0 Å². The van der Waals surface area contributed by atoms with Crippen molar-refractivity contribution < 1.29 is 19.1 Å². The van der Waals surface area contributed by atoms with E-state index >= 15 is 0 Å². The van der Waals surface area contributed by atoms with Crippen LogP contribution in [0.15, 0.2) is 60.2 Å². The molecule has 2 aromatic carbocycles. The summed E-state index contributed by atoms with van der Waals surface area (Å²) >= 11 is 0. The van der Waals surface area contributed by atoms with Gasteiger partial charge in [-0.2, -0.15) is 0 Å². The molecular formula is C21H20O4. The molecule has 0 bridgehead atoms. The first-order valence-corrected chi connectivity index (χ1v) is 8.25. The van der Waals surface area contributed by atoms with Gasteiger partial charge in [0.15, 0.2) is 0 Å². The zero-order chi connectivity index (χ0) is 17.9. The zero-order valence-corrected chi connectivity index (χ0v) is 14.3. The van der Waals surface area contributed by atoms with Crippen LogP contribution in [0.1, 0.15) is 30.5 Å². The predicted molar refractivity (Wildman–Crippen MR) is 94.5 cm³/mol. The predicted octanol–water partition coefficient (Wildman–Crippen LogP) is 3.69. The number of esters is 2. The molecule has 0 amide bonds. The molecule has 1 heterocycles. The summed E-state index contributed by atoms with van der Waals surface area (Å²) in [6.45, 7) is 3.07. The number of hydrogen-bond acceptors (Lipinski definition) is 4. The summed E-state index contributed by atoms with van der Waals surface area (Å²) in [5.41, 5.74) is 3.04. The molecule has 4 heteroatoms. The highest BCUT2D eigenvalue weighted by Gasteiger charge is 2.38. The lowest BCUT2D eigenvalue weighted by molar-refractivity contribution is -0.222. The lowest BCUT2D eigenvalue weighted by Crippen LogP contribution is -2.41. The first kappa shape index (κ1) is 17.0. The first-order chi connectivity index (χ1) is 11.9. The summed E-state index contributed by atoms with van der Waals surface area (Å²) in [6, 6.07) is 17.9. The molecule has 0 atom stereocenters. The highest BCUT2D eigenvalue weighted by molar-refractivity contribution is 6.18. The number of benzene rings is 2. The van der Waals surface area contributed by atoms with E-state index in [9.17, 15) is 9.59 Å². The van der Waals surface area contributed by atoms with Gasteiger partial charge in [-0.05, 0) is 35.6 Å². The fraction of sp³-hybridized carbons (Fsp3) is 0.238. The Morgan fingerprint density at radius 2 is 1.44 bits per heavy atom. The standard InChI is InChI=1S/C21H20O4/c1-21(2)24-19(22)18(20(23)25-21)14-17-11-7-6-10-16(17)13-12-15-8-4-3-5-9-15/h3-11,14H,12-13H2,1-2H3. The Morgan fingerprint density at radius 3 is 2.12 bits per heavy atom. The number of carbonyl (C=O) groups excluding carboxylic acids is 2. The number of ether oxygens (including phenoxy) is 2. The first-order valence-electron chi connectivity index (χ1n) is 8.25. The van der Waals surface area contributed by atoms with Crippen LogP contribution in [-0.4, -0.2) is 17.7 Å². The van der Waals surface area contributed by atoms with Crippen molar-refractivity contribution in [3.05, 3.63) is 76.9 Å². The number of hydrogen-bond donors (Lipinski definition) is 0. The van der Waals surface area contributed by atoms with Crippen molar-refractivity contribution in [1.29, 1.82) is 0 Å². The maximum atomic E-state index is 12.1. The van der Waals surface area contributed by atoms with E-state index in [4.69, 9.17) is 9.47 Å². The minimum atomic E-state index is -1.22. The molecule has 0 spiro atoms. The Morgan fingerprint density at radius 1 is 0.840 bits per heavy atom. The molecule has 1 fully saturated rings. The summed E-state index contributed by atoms with van der Waals surface area (Å²) < 4.78 is 10.3. The summed E-state index contributed by atoms with van der Waals surface area (Å²) in [6.07, 6.45) is 3.24. The largest absolute Gasteiger partial charge is 0.419 e. The molecule has 0 radical (unpaired) electrons. The van der Waals surface area contributed by atoms with E-state index in [1.165, 1.54) is 19.4 Å². The van der Waals surface area contributed by atoms with Gasteiger partial charge in [0.1, 0.15) is 5.57 Å². The van der Waals surface area contributed by atoms with Gasteiger partial charge >= 0.3 is 11.9 Å². The Labute approximate surface area is 147 Å². The van der Waals surface area contributed by atoms with E-state index in [1.807, 2.05) is 42.5 Å². The van der Waals surface area contributed by atoms with Crippen molar-refractivity contribution in [2.45, 2.75) is 32.5 Å². The minimum Gasteiger partial charge on any atom is -0.419 e.